The van der Waals surface area contributed by atoms with Crippen molar-refractivity contribution < 1.29 is 0 Å². The minimum Gasteiger partial charge on any atom is -0.304 e. The molecule has 0 amide bonds. The fraction of sp³-hybridized carbons (Fsp3) is 0.571. The molecule has 110 valence electrons. The Hall–Kier alpha value is -1.14. The van der Waals surface area contributed by atoms with Crippen LogP contribution in [-0.4, -0.2) is 26.1 Å². The molecular formula is C14H22BrN5. The molecule has 0 aliphatic carbocycles. The largest absolute Gasteiger partial charge is 0.304 e. The molecule has 0 saturated carbocycles. The van der Waals surface area contributed by atoms with Crippen molar-refractivity contribution in [3.8, 4) is 0 Å². The Morgan fingerprint density at radius 1 is 1.40 bits per heavy atom. The number of hydrogen-bond acceptors (Lipinski definition) is 3. The Balaban J connectivity index is 2.48. The van der Waals surface area contributed by atoms with Crippen LogP contribution in [0.4, 0.5) is 0 Å². The molecule has 0 fully saturated rings. The topological polar surface area (TPSA) is 47.7 Å². The lowest BCUT2D eigenvalue weighted by Crippen LogP contribution is -2.27. The summed E-state index contributed by atoms with van der Waals surface area (Å²) in [6.07, 6.45) is 2.93. The lowest BCUT2D eigenvalue weighted by molar-refractivity contribution is 0.498. The van der Waals surface area contributed by atoms with Crippen LogP contribution in [0.1, 0.15) is 43.4 Å². The van der Waals surface area contributed by atoms with Gasteiger partial charge in [0.1, 0.15) is 0 Å². The fourth-order valence-corrected chi connectivity index (χ4v) is 3.02. The number of aryl methyl sites for hydroxylation is 3. The van der Waals surface area contributed by atoms with Crippen LogP contribution in [0.3, 0.4) is 0 Å². The van der Waals surface area contributed by atoms with Gasteiger partial charge in [0.15, 0.2) is 0 Å². The first-order valence-corrected chi connectivity index (χ1v) is 7.82. The van der Waals surface area contributed by atoms with Crippen LogP contribution in [0.15, 0.2) is 16.7 Å². The zero-order valence-corrected chi connectivity index (χ0v) is 14.1. The minimum atomic E-state index is 0.0922. The second-order valence-corrected chi connectivity index (χ2v) is 5.78. The van der Waals surface area contributed by atoms with Gasteiger partial charge in [-0.3, -0.25) is 9.36 Å². The van der Waals surface area contributed by atoms with Gasteiger partial charge in [0, 0.05) is 13.6 Å². The van der Waals surface area contributed by atoms with Crippen molar-refractivity contribution >= 4 is 15.9 Å². The standard InChI is InChI=1S/C14H22BrN5/c1-5-7-20-14(11(15)9-17-20)13(16-6-2)12-8-10(3)18-19(12)4/h8-9,13,16H,5-7H2,1-4H3. The maximum absolute atomic E-state index is 4.47. The Morgan fingerprint density at radius 3 is 2.70 bits per heavy atom. The van der Waals surface area contributed by atoms with Gasteiger partial charge in [-0.15, -0.1) is 0 Å². The van der Waals surface area contributed by atoms with E-state index < -0.39 is 0 Å². The van der Waals surface area contributed by atoms with Crippen molar-refractivity contribution in [2.24, 2.45) is 7.05 Å². The minimum absolute atomic E-state index is 0.0922. The van der Waals surface area contributed by atoms with E-state index in [1.807, 2.05) is 24.9 Å². The molecule has 0 bridgehead atoms. The molecule has 0 aliphatic rings. The summed E-state index contributed by atoms with van der Waals surface area (Å²) in [5.74, 6) is 0. The van der Waals surface area contributed by atoms with Crippen molar-refractivity contribution in [3.05, 3.63) is 33.8 Å². The molecule has 2 rings (SSSR count). The van der Waals surface area contributed by atoms with E-state index in [9.17, 15) is 0 Å². The highest BCUT2D eigenvalue weighted by Gasteiger charge is 2.24. The molecule has 2 heterocycles. The SMILES string of the molecule is CCCn1ncc(Br)c1C(NCC)c1cc(C)nn1C. The van der Waals surface area contributed by atoms with E-state index in [1.54, 1.807) is 0 Å². The number of hydrogen-bond donors (Lipinski definition) is 1. The summed E-state index contributed by atoms with van der Waals surface area (Å²) in [6.45, 7) is 8.10. The van der Waals surface area contributed by atoms with Crippen molar-refractivity contribution in [1.29, 1.82) is 0 Å². The van der Waals surface area contributed by atoms with Gasteiger partial charge in [-0.1, -0.05) is 13.8 Å². The van der Waals surface area contributed by atoms with E-state index in [0.717, 1.165) is 41.1 Å². The van der Waals surface area contributed by atoms with Crippen LogP contribution < -0.4 is 5.32 Å². The predicted octanol–water partition coefficient (Wildman–Crippen LogP) is 2.80. The zero-order chi connectivity index (χ0) is 14.7. The molecule has 1 atom stereocenters. The lowest BCUT2D eigenvalue weighted by Gasteiger charge is -2.20. The highest BCUT2D eigenvalue weighted by molar-refractivity contribution is 9.10. The van der Waals surface area contributed by atoms with Crippen LogP contribution in [0, 0.1) is 6.92 Å². The number of aromatic nitrogens is 4. The Morgan fingerprint density at radius 2 is 2.15 bits per heavy atom. The highest BCUT2D eigenvalue weighted by Crippen LogP contribution is 2.29. The van der Waals surface area contributed by atoms with Crippen molar-refractivity contribution in [2.75, 3.05) is 6.54 Å². The Kier molecular flexibility index (Phi) is 4.99. The number of nitrogens with zero attached hydrogens (tertiary/aromatic N) is 4. The van der Waals surface area contributed by atoms with Crippen LogP contribution in [0.25, 0.3) is 0 Å². The molecule has 5 nitrogen and oxygen atoms in total. The van der Waals surface area contributed by atoms with Crippen molar-refractivity contribution in [1.82, 2.24) is 24.9 Å². The lowest BCUT2D eigenvalue weighted by atomic mass is 10.1. The van der Waals surface area contributed by atoms with Gasteiger partial charge in [0.2, 0.25) is 0 Å². The molecule has 2 aromatic heterocycles. The van der Waals surface area contributed by atoms with E-state index >= 15 is 0 Å². The van der Waals surface area contributed by atoms with Gasteiger partial charge in [0.25, 0.3) is 0 Å². The maximum atomic E-state index is 4.47. The van der Waals surface area contributed by atoms with Crippen molar-refractivity contribution in [2.45, 2.75) is 39.8 Å². The first-order valence-electron chi connectivity index (χ1n) is 7.03. The number of halogens is 1. The first-order chi connectivity index (χ1) is 9.58. The summed E-state index contributed by atoms with van der Waals surface area (Å²) in [4.78, 5) is 0. The molecule has 2 aromatic rings. The van der Waals surface area contributed by atoms with E-state index in [1.165, 1.54) is 0 Å². The van der Waals surface area contributed by atoms with Crippen LogP contribution in [-0.2, 0) is 13.6 Å². The van der Waals surface area contributed by atoms with Gasteiger partial charge >= 0.3 is 0 Å². The van der Waals surface area contributed by atoms with Crippen LogP contribution in [0.5, 0.6) is 0 Å². The molecule has 6 heteroatoms. The molecule has 0 saturated heterocycles. The highest BCUT2D eigenvalue weighted by atomic mass is 79.9. The van der Waals surface area contributed by atoms with Crippen LogP contribution >= 0.6 is 15.9 Å². The van der Waals surface area contributed by atoms with Gasteiger partial charge in [-0.25, -0.2) is 0 Å². The number of rotatable bonds is 6. The predicted molar refractivity (Wildman–Crippen MR) is 83.7 cm³/mol. The summed E-state index contributed by atoms with van der Waals surface area (Å²) in [5.41, 5.74) is 3.35. The average molecular weight is 340 g/mol. The molecule has 0 spiro atoms. The second kappa shape index (κ2) is 6.54. The average Bonchev–Trinajstić information content (AvgIpc) is 2.91. The first kappa shape index (κ1) is 15.3. The van der Waals surface area contributed by atoms with Gasteiger partial charge in [0.05, 0.1) is 33.8 Å². The molecule has 0 aromatic carbocycles. The van der Waals surface area contributed by atoms with E-state index in [2.05, 4.69) is 56.0 Å². The fourth-order valence-electron chi connectivity index (χ4n) is 2.50. The molecule has 0 radical (unpaired) electrons. The second-order valence-electron chi connectivity index (χ2n) is 4.93. The quantitative estimate of drug-likeness (QED) is 0.880. The number of nitrogens with one attached hydrogen (secondary N) is 1. The molecule has 20 heavy (non-hydrogen) atoms. The molecule has 1 unspecified atom stereocenters. The monoisotopic (exact) mass is 339 g/mol. The zero-order valence-electron chi connectivity index (χ0n) is 12.5. The van der Waals surface area contributed by atoms with Gasteiger partial charge in [-0.05, 0) is 41.9 Å². The van der Waals surface area contributed by atoms with E-state index in [4.69, 9.17) is 0 Å². The summed E-state index contributed by atoms with van der Waals surface area (Å²) in [6, 6.07) is 2.22. The Bertz CT molecular complexity index is 572. The third-order valence-electron chi connectivity index (χ3n) is 3.28. The molecular weight excluding hydrogens is 318 g/mol. The normalized spacial score (nSPS) is 12.8. The third kappa shape index (κ3) is 2.96. The smallest absolute Gasteiger partial charge is 0.0930 e. The van der Waals surface area contributed by atoms with Crippen LogP contribution in [0.2, 0.25) is 0 Å². The summed E-state index contributed by atoms with van der Waals surface area (Å²) >= 11 is 3.63. The van der Waals surface area contributed by atoms with Gasteiger partial charge < -0.3 is 5.32 Å². The molecule has 0 aliphatic heterocycles. The third-order valence-corrected chi connectivity index (χ3v) is 3.90. The maximum Gasteiger partial charge on any atom is 0.0930 e. The summed E-state index contributed by atoms with van der Waals surface area (Å²) in [7, 11) is 1.99. The van der Waals surface area contributed by atoms with E-state index in [-0.39, 0.29) is 6.04 Å². The summed E-state index contributed by atoms with van der Waals surface area (Å²) < 4.78 is 5.05. The van der Waals surface area contributed by atoms with Gasteiger partial charge in [-0.2, -0.15) is 10.2 Å². The molecule has 1 N–H and O–H groups in total. The Labute approximate surface area is 128 Å². The van der Waals surface area contributed by atoms with Crippen molar-refractivity contribution in [3.63, 3.8) is 0 Å². The van der Waals surface area contributed by atoms with E-state index in [0.29, 0.717) is 0 Å². The summed E-state index contributed by atoms with van der Waals surface area (Å²) in [5, 5.41) is 12.5.